The summed E-state index contributed by atoms with van der Waals surface area (Å²) in [5.41, 5.74) is 3.02. The Morgan fingerprint density at radius 3 is 2.47 bits per heavy atom. The van der Waals surface area contributed by atoms with Gasteiger partial charge < -0.3 is 14.8 Å². The van der Waals surface area contributed by atoms with E-state index in [2.05, 4.69) is 10.3 Å². The maximum absolute atomic E-state index is 12.2. The Balaban J connectivity index is 1.45. The van der Waals surface area contributed by atoms with Crippen molar-refractivity contribution in [1.29, 1.82) is 0 Å². The number of carbonyl (C=O) groups excluding carboxylic acids is 1. The fraction of sp³-hybridized carbons (Fsp3) is 0.273. The lowest BCUT2D eigenvalue weighted by Crippen LogP contribution is -2.27. The molecular formula is C22H23ClN2O3S2. The number of nitrogens with zero attached hydrogens (tertiary/aromatic N) is 1. The number of carbonyl (C=O) groups is 1. The highest BCUT2D eigenvalue weighted by atomic mass is 35.5. The standard InChI is InChI=1S/C22H23ClN2O3S2/c1-27-19-9-16(10-20(12-19)28-2)13-29-22-25-18(14-30-22)11-21(26)24-8-7-15-3-5-17(23)6-4-15/h3-6,9-10,12,14H,7-8,11,13H2,1-2H3,(H,24,26). The van der Waals surface area contributed by atoms with E-state index in [-0.39, 0.29) is 12.3 Å². The summed E-state index contributed by atoms with van der Waals surface area (Å²) < 4.78 is 11.6. The van der Waals surface area contributed by atoms with Gasteiger partial charge in [0.15, 0.2) is 0 Å². The Hall–Kier alpha value is -2.22. The average molecular weight is 463 g/mol. The van der Waals surface area contributed by atoms with Gasteiger partial charge in [0.1, 0.15) is 15.8 Å². The normalized spacial score (nSPS) is 10.6. The first kappa shape index (κ1) is 22.5. The monoisotopic (exact) mass is 462 g/mol. The van der Waals surface area contributed by atoms with Gasteiger partial charge in [0.2, 0.25) is 5.91 Å². The number of thioether (sulfide) groups is 1. The number of hydrogen-bond donors (Lipinski definition) is 1. The molecule has 1 N–H and O–H groups in total. The largest absolute Gasteiger partial charge is 0.497 e. The van der Waals surface area contributed by atoms with Crippen LogP contribution < -0.4 is 14.8 Å². The molecule has 158 valence electrons. The molecule has 0 saturated heterocycles. The van der Waals surface area contributed by atoms with Gasteiger partial charge in [-0.1, -0.05) is 35.5 Å². The van der Waals surface area contributed by atoms with Gasteiger partial charge in [-0.3, -0.25) is 4.79 Å². The summed E-state index contributed by atoms with van der Waals surface area (Å²) in [6, 6.07) is 13.5. The predicted molar refractivity (Wildman–Crippen MR) is 123 cm³/mol. The molecule has 8 heteroatoms. The van der Waals surface area contributed by atoms with Gasteiger partial charge in [0, 0.05) is 28.8 Å². The van der Waals surface area contributed by atoms with Crippen molar-refractivity contribution in [2.24, 2.45) is 0 Å². The highest BCUT2D eigenvalue weighted by Gasteiger charge is 2.09. The lowest BCUT2D eigenvalue weighted by Gasteiger charge is -2.07. The number of benzene rings is 2. The minimum Gasteiger partial charge on any atom is -0.497 e. The molecule has 5 nitrogen and oxygen atoms in total. The summed E-state index contributed by atoms with van der Waals surface area (Å²) in [4.78, 5) is 16.8. The molecule has 0 aliphatic heterocycles. The highest BCUT2D eigenvalue weighted by Crippen LogP contribution is 2.30. The van der Waals surface area contributed by atoms with Crippen LogP contribution in [-0.4, -0.2) is 31.7 Å². The number of thiazole rings is 1. The molecule has 0 radical (unpaired) electrons. The van der Waals surface area contributed by atoms with E-state index < -0.39 is 0 Å². The van der Waals surface area contributed by atoms with Crippen molar-refractivity contribution in [3.05, 3.63) is 69.7 Å². The van der Waals surface area contributed by atoms with Gasteiger partial charge >= 0.3 is 0 Å². The molecule has 3 aromatic rings. The van der Waals surface area contributed by atoms with E-state index >= 15 is 0 Å². The number of nitrogens with one attached hydrogen (secondary N) is 1. The Bertz CT molecular complexity index is 955. The molecule has 0 aliphatic carbocycles. The average Bonchev–Trinajstić information content (AvgIpc) is 3.20. The third-order valence-corrected chi connectivity index (χ3v) is 6.69. The van der Waals surface area contributed by atoms with Crippen molar-refractivity contribution in [2.45, 2.75) is 22.9 Å². The van der Waals surface area contributed by atoms with Crippen molar-refractivity contribution in [2.75, 3.05) is 20.8 Å². The molecule has 0 fully saturated rings. The number of halogens is 1. The number of rotatable bonds is 10. The number of hydrogen-bond acceptors (Lipinski definition) is 6. The van der Waals surface area contributed by atoms with Crippen LogP contribution in [0.2, 0.25) is 5.02 Å². The zero-order valence-electron chi connectivity index (χ0n) is 16.8. The van der Waals surface area contributed by atoms with Gasteiger partial charge in [-0.05, 0) is 41.8 Å². The molecule has 1 amide bonds. The smallest absolute Gasteiger partial charge is 0.226 e. The molecule has 0 spiro atoms. The quantitative estimate of drug-likeness (QED) is 0.429. The van der Waals surface area contributed by atoms with Crippen LogP contribution in [0.1, 0.15) is 16.8 Å². The fourth-order valence-electron chi connectivity index (χ4n) is 2.75. The first-order chi connectivity index (χ1) is 14.6. The molecular weight excluding hydrogens is 440 g/mol. The van der Waals surface area contributed by atoms with Crippen LogP contribution in [0.3, 0.4) is 0 Å². The molecule has 3 rings (SSSR count). The van der Waals surface area contributed by atoms with Gasteiger partial charge in [-0.25, -0.2) is 4.98 Å². The lowest BCUT2D eigenvalue weighted by molar-refractivity contribution is -0.120. The van der Waals surface area contributed by atoms with Gasteiger partial charge in [0.05, 0.1) is 26.3 Å². The molecule has 0 atom stereocenters. The molecule has 30 heavy (non-hydrogen) atoms. The molecule has 1 aromatic heterocycles. The highest BCUT2D eigenvalue weighted by molar-refractivity contribution is 8.00. The number of aromatic nitrogens is 1. The van der Waals surface area contributed by atoms with Crippen molar-refractivity contribution < 1.29 is 14.3 Å². The van der Waals surface area contributed by atoms with Gasteiger partial charge in [-0.2, -0.15) is 0 Å². The molecule has 0 bridgehead atoms. The second kappa shape index (κ2) is 11.2. The molecule has 0 aliphatic rings. The third kappa shape index (κ3) is 6.93. The molecule has 1 heterocycles. The van der Waals surface area contributed by atoms with Crippen LogP contribution >= 0.6 is 34.7 Å². The maximum atomic E-state index is 12.2. The predicted octanol–water partition coefficient (Wildman–Crippen LogP) is 5.01. The van der Waals surface area contributed by atoms with E-state index in [4.69, 9.17) is 21.1 Å². The Morgan fingerprint density at radius 2 is 1.80 bits per heavy atom. The number of amides is 1. The first-order valence-corrected chi connectivity index (χ1v) is 11.6. The SMILES string of the molecule is COc1cc(CSc2nc(CC(=O)NCCc3ccc(Cl)cc3)cs2)cc(OC)c1. The van der Waals surface area contributed by atoms with Crippen molar-refractivity contribution in [3.8, 4) is 11.5 Å². The summed E-state index contributed by atoms with van der Waals surface area (Å²) in [5, 5.41) is 5.60. The molecule has 0 unspecified atom stereocenters. The number of ether oxygens (including phenoxy) is 2. The van der Waals surface area contributed by atoms with Crippen LogP contribution in [0.25, 0.3) is 0 Å². The second-order valence-electron chi connectivity index (χ2n) is 6.52. The topological polar surface area (TPSA) is 60.5 Å². The van der Waals surface area contributed by atoms with E-state index in [1.165, 1.54) is 0 Å². The van der Waals surface area contributed by atoms with E-state index in [9.17, 15) is 4.79 Å². The van der Waals surface area contributed by atoms with E-state index in [1.807, 2.05) is 47.8 Å². The zero-order chi connectivity index (χ0) is 21.3. The zero-order valence-corrected chi connectivity index (χ0v) is 19.2. The van der Waals surface area contributed by atoms with Crippen LogP contribution in [-0.2, 0) is 23.4 Å². The summed E-state index contributed by atoms with van der Waals surface area (Å²) >= 11 is 9.06. The second-order valence-corrected chi connectivity index (χ2v) is 9.03. The van der Waals surface area contributed by atoms with Gasteiger partial charge in [0.25, 0.3) is 0 Å². The van der Waals surface area contributed by atoms with E-state index in [0.29, 0.717) is 11.6 Å². The van der Waals surface area contributed by atoms with E-state index in [0.717, 1.165) is 44.8 Å². The summed E-state index contributed by atoms with van der Waals surface area (Å²) in [6.07, 6.45) is 1.05. The maximum Gasteiger partial charge on any atom is 0.226 e. The minimum absolute atomic E-state index is 0.0247. The summed E-state index contributed by atoms with van der Waals surface area (Å²) in [7, 11) is 3.28. The van der Waals surface area contributed by atoms with Gasteiger partial charge in [-0.15, -0.1) is 11.3 Å². The minimum atomic E-state index is -0.0247. The third-order valence-electron chi connectivity index (χ3n) is 4.29. The Labute approximate surface area is 189 Å². The summed E-state index contributed by atoms with van der Waals surface area (Å²) in [5.74, 6) is 2.25. The van der Waals surface area contributed by atoms with Crippen molar-refractivity contribution in [3.63, 3.8) is 0 Å². The fourth-order valence-corrected chi connectivity index (χ4v) is 4.66. The van der Waals surface area contributed by atoms with Crippen molar-refractivity contribution in [1.82, 2.24) is 10.3 Å². The molecule has 0 saturated carbocycles. The lowest BCUT2D eigenvalue weighted by atomic mass is 10.1. The summed E-state index contributed by atoms with van der Waals surface area (Å²) in [6.45, 7) is 0.587. The van der Waals surface area contributed by atoms with Crippen LogP contribution in [0.4, 0.5) is 0 Å². The van der Waals surface area contributed by atoms with Crippen LogP contribution in [0.15, 0.2) is 52.2 Å². The Kier molecular flexibility index (Phi) is 8.42. The van der Waals surface area contributed by atoms with E-state index in [1.54, 1.807) is 37.3 Å². The molecule has 2 aromatic carbocycles. The Morgan fingerprint density at radius 1 is 1.10 bits per heavy atom. The first-order valence-electron chi connectivity index (χ1n) is 9.36. The van der Waals surface area contributed by atoms with Crippen LogP contribution in [0, 0.1) is 0 Å². The van der Waals surface area contributed by atoms with Crippen LogP contribution in [0.5, 0.6) is 11.5 Å². The van der Waals surface area contributed by atoms with Crippen molar-refractivity contribution >= 4 is 40.6 Å². The number of methoxy groups -OCH3 is 2.